The number of hydrogen-bond donors (Lipinski definition) is 1. The van der Waals surface area contributed by atoms with Gasteiger partial charge in [0.2, 0.25) is 5.89 Å². The first kappa shape index (κ1) is 10.0. The largest absolute Gasteiger partial charge is 0.444 e. The van der Waals surface area contributed by atoms with Crippen molar-refractivity contribution < 1.29 is 17.6 Å². The van der Waals surface area contributed by atoms with E-state index in [-0.39, 0.29) is 11.7 Å². The molecule has 0 fully saturated rings. The molecule has 1 atom stereocenters. The molecule has 0 amide bonds. The number of alkyl halides is 3. The van der Waals surface area contributed by atoms with Gasteiger partial charge in [-0.1, -0.05) is 0 Å². The Kier molecular flexibility index (Phi) is 2.60. The second-order valence-electron chi connectivity index (χ2n) is 2.75. The Morgan fingerprint density at radius 3 is 2.62 bits per heavy atom. The third-order valence-corrected chi connectivity index (χ3v) is 1.34. The molecule has 1 rings (SSSR count). The van der Waals surface area contributed by atoms with Crippen LogP contribution in [0.1, 0.15) is 24.6 Å². The summed E-state index contributed by atoms with van der Waals surface area (Å²) >= 11 is 0. The Hall–Kier alpha value is -1.04. The van der Waals surface area contributed by atoms with Gasteiger partial charge in [0.15, 0.2) is 0 Å². The highest BCUT2D eigenvalue weighted by Crippen LogP contribution is 2.22. The highest BCUT2D eigenvalue weighted by molar-refractivity contribution is 4.98. The van der Waals surface area contributed by atoms with E-state index in [2.05, 4.69) is 4.98 Å². The minimum absolute atomic E-state index is 0.124. The number of nitrogens with two attached hydrogens (primary N) is 1. The van der Waals surface area contributed by atoms with Crippen LogP contribution in [0.5, 0.6) is 0 Å². The van der Waals surface area contributed by atoms with Gasteiger partial charge in [0.05, 0.1) is 12.2 Å². The first-order valence-corrected chi connectivity index (χ1v) is 3.65. The van der Waals surface area contributed by atoms with E-state index in [1.165, 1.54) is 0 Å². The van der Waals surface area contributed by atoms with Gasteiger partial charge < -0.3 is 10.2 Å². The fourth-order valence-corrected chi connectivity index (χ4v) is 0.812. The molecule has 0 bridgehead atoms. The third kappa shape index (κ3) is 3.06. The van der Waals surface area contributed by atoms with Gasteiger partial charge in [0.1, 0.15) is 12.2 Å². The Bertz CT molecular complexity index is 280. The van der Waals surface area contributed by atoms with Crippen LogP contribution in [-0.2, 0) is 6.42 Å². The highest BCUT2D eigenvalue weighted by Gasteiger charge is 2.30. The van der Waals surface area contributed by atoms with E-state index in [0.717, 1.165) is 6.20 Å². The number of aromatic nitrogens is 1. The van der Waals surface area contributed by atoms with E-state index >= 15 is 0 Å². The summed E-state index contributed by atoms with van der Waals surface area (Å²) in [7, 11) is 0. The van der Waals surface area contributed by atoms with E-state index in [4.69, 9.17) is 10.2 Å². The van der Waals surface area contributed by atoms with Gasteiger partial charge in [0, 0.05) is 0 Å². The fraction of sp³-hybridized carbons (Fsp3) is 0.571. The molecular weight excluding hydrogens is 185 g/mol. The van der Waals surface area contributed by atoms with E-state index in [1.54, 1.807) is 6.92 Å². The van der Waals surface area contributed by atoms with Crippen molar-refractivity contribution >= 4 is 0 Å². The van der Waals surface area contributed by atoms with Crippen LogP contribution in [-0.4, -0.2) is 11.2 Å². The smallest absolute Gasteiger partial charge is 0.396 e. The van der Waals surface area contributed by atoms with Crippen molar-refractivity contribution in [1.29, 1.82) is 0 Å². The van der Waals surface area contributed by atoms with Crippen LogP contribution in [0, 0.1) is 0 Å². The summed E-state index contributed by atoms with van der Waals surface area (Å²) < 4.78 is 40.3. The summed E-state index contributed by atoms with van der Waals surface area (Å²) in [6.07, 6.45) is -4.33. The van der Waals surface area contributed by atoms with E-state index in [0.29, 0.717) is 0 Å². The molecule has 74 valence electrons. The summed E-state index contributed by atoms with van der Waals surface area (Å²) in [4.78, 5) is 3.61. The minimum Gasteiger partial charge on any atom is -0.444 e. The monoisotopic (exact) mass is 194 g/mol. The van der Waals surface area contributed by atoms with Crippen LogP contribution in [0.25, 0.3) is 0 Å². The van der Waals surface area contributed by atoms with Crippen molar-refractivity contribution in [3.8, 4) is 0 Å². The van der Waals surface area contributed by atoms with Gasteiger partial charge in [-0.3, -0.25) is 0 Å². The first-order valence-electron chi connectivity index (χ1n) is 3.65. The zero-order chi connectivity index (χ0) is 10.1. The van der Waals surface area contributed by atoms with Crippen molar-refractivity contribution in [1.82, 2.24) is 4.98 Å². The molecule has 0 spiro atoms. The lowest BCUT2D eigenvalue weighted by Crippen LogP contribution is -2.10. The molecule has 0 aromatic carbocycles. The summed E-state index contributed by atoms with van der Waals surface area (Å²) in [5, 5.41) is 0. The van der Waals surface area contributed by atoms with E-state index in [9.17, 15) is 13.2 Å². The lowest BCUT2D eigenvalue weighted by molar-refractivity contribution is -0.130. The maximum Gasteiger partial charge on any atom is 0.396 e. The quantitative estimate of drug-likeness (QED) is 0.780. The van der Waals surface area contributed by atoms with Crippen molar-refractivity contribution in [3.63, 3.8) is 0 Å². The molecule has 3 nitrogen and oxygen atoms in total. The summed E-state index contributed by atoms with van der Waals surface area (Å²) in [5.41, 5.74) is 5.35. The SMILES string of the molecule is CC(N)c1ncc(CC(F)(F)F)o1. The van der Waals surface area contributed by atoms with Gasteiger partial charge in [-0.15, -0.1) is 0 Å². The van der Waals surface area contributed by atoms with Crippen LogP contribution in [0.4, 0.5) is 13.2 Å². The maximum atomic E-state index is 11.8. The number of hydrogen-bond acceptors (Lipinski definition) is 3. The Labute approximate surface area is 72.7 Å². The lowest BCUT2D eigenvalue weighted by atomic mass is 10.3. The molecule has 0 saturated heterocycles. The average molecular weight is 194 g/mol. The van der Waals surface area contributed by atoms with Crippen LogP contribution in [0.2, 0.25) is 0 Å². The molecule has 0 saturated carbocycles. The second-order valence-corrected chi connectivity index (χ2v) is 2.75. The molecule has 1 unspecified atom stereocenters. The molecule has 1 aromatic heterocycles. The van der Waals surface area contributed by atoms with Crippen LogP contribution in [0.15, 0.2) is 10.6 Å². The van der Waals surface area contributed by atoms with Crippen molar-refractivity contribution in [3.05, 3.63) is 17.8 Å². The number of rotatable bonds is 2. The molecule has 1 aromatic rings. The first-order chi connectivity index (χ1) is 5.88. The molecule has 1 heterocycles. The van der Waals surface area contributed by atoms with Crippen LogP contribution in [0.3, 0.4) is 0 Å². The summed E-state index contributed by atoms with van der Waals surface area (Å²) in [5.74, 6) is -0.0842. The summed E-state index contributed by atoms with van der Waals surface area (Å²) in [6, 6.07) is -0.484. The molecule has 0 aliphatic rings. The fourth-order valence-electron chi connectivity index (χ4n) is 0.812. The molecule has 0 aliphatic heterocycles. The Morgan fingerprint density at radius 2 is 2.23 bits per heavy atom. The van der Waals surface area contributed by atoms with Gasteiger partial charge >= 0.3 is 6.18 Å². The molecule has 0 aliphatic carbocycles. The van der Waals surface area contributed by atoms with Crippen molar-refractivity contribution in [2.45, 2.75) is 25.6 Å². The minimum atomic E-state index is -4.27. The molecule has 13 heavy (non-hydrogen) atoms. The normalized spacial score (nSPS) is 14.5. The topological polar surface area (TPSA) is 52.0 Å². The standard InChI is InChI=1S/C7H9F3N2O/c1-4(11)6-12-3-5(13-6)2-7(8,9)10/h3-4H,2,11H2,1H3. The zero-order valence-corrected chi connectivity index (χ0v) is 6.93. The van der Waals surface area contributed by atoms with Crippen molar-refractivity contribution in [2.75, 3.05) is 0 Å². The van der Waals surface area contributed by atoms with Gasteiger partial charge in [0.25, 0.3) is 0 Å². The van der Waals surface area contributed by atoms with E-state index in [1.807, 2.05) is 0 Å². The second kappa shape index (κ2) is 3.37. The van der Waals surface area contributed by atoms with Crippen LogP contribution < -0.4 is 5.73 Å². The van der Waals surface area contributed by atoms with Crippen LogP contribution >= 0.6 is 0 Å². The van der Waals surface area contributed by atoms with E-state index < -0.39 is 18.6 Å². The molecule has 0 radical (unpaired) electrons. The average Bonchev–Trinajstić information content (AvgIpc) is 2.31. The van der Waals surface area contributed by atoms with Gasteiger partial charge in [-0.25, -0.2) is 4.98 Å². The molecule has 6 heteroatoms. The summed E-state index contributed by atoms with van der Waals surface area (Å²) in [6.45, 7) is 1.59. The predicted octanol–water partition coefficient (Wildman–Crippen LogP) is 1.80. The third-order valence-electron chi connectivity index (χ3n) is 1.34. The number of nitrogens with zero attached hydrogens (tertiary/aromatic N) is 1. The molecule has 2 N–H and O–H groups in total. The number of oxazole rings is 1. The Balaban J connectivity index is 2.70. The van der Waals surface area contributed by atoms with Gasteiger partial charge in [-0.2, -0.15) is 13.2 Å². The van der Waals surface area contributed by atoms with Crippen molar-refractivity contribution in [2.24, 2.45) is 5.73 Å². The van der Waals surface area contributed by atoms with Gasteiger partial charge in [-0.05, 0) is 6.92 Å². The lowest BCUT2D eigenvalue weighted by Gasteiger charge is -2.02. The Morgan fingerprint density at radius 1 is 1.62 bits per heavy atom. The maximum absolute atomic E-state index is 11.8. The number of halogens is 3. The molecular formula is C7H9F3N2O. The highest BCUT2D eigenvalue weighted by atomic mass is 19.4. The zero-order valence-electron chi connectivity index (χ0n) is 6.93. The predicted molar refractivity (Wildman–Crippen MR) is 38.9 cm³/mol.